The van der Waals surface area contributed by atoms with Crippen molar-refractivity contribution in [2.24, 2.45) is 0 Å². The van der Waals surface area contributed by atoms with E-state index in [4.69, 9.17) is 0 Å². The Kier molecular flexibility index (Phi) is 3.37. The lowest BCUT2D eigenvalue weighted by atomic mass is 10.1. The van der Waals surface area contributed by atoms with Gasteiger partial charge in [0.25, 0.3) is 0 Å². The van der Waals surface area contributed by atoms with E-state index in [0.717, 1.165) is 0 Å². The van der Waals surface area contributed by atoms with E-state index in [1.807, 2.05) is 0 Å². The molecule has 0 aliphatic carbocycles. The van der Waals surface area contributed by atoms with Crippen LogP contribution in [-0.2, 0) is 4.57 Å². The fraction of sp³-hybridized carbons (Fsp3) is 1.00. The minimum atomic E-state index is -6.97. The quantitative estimate of drug-likeness (QED) is 0.562. The van der Waals surface area contributed by atoms with Gasteiger partial charge < -0.3 is 0 Å². The zero-order valence-electron chi connectivity index (χ0n) is 6.26. The Balaban J connectivity index is 5.47. The van der Waals surface area contributed by atoms with Crippen LogP contribution in [0, 0.1) is 0 Å². The molecule has 0 aliphatic heterocycles. The van der Waals surface area contributed by atoms with E-state index in [-0.39, 0.29) is 0 Å². The van der Waals surface area contributed by atoms with Gasteiger partial charge in [-0.3, -0.25) is 4.57 Å². The molecule has 15 heavy (non-hydrogen) atoms. The molecule has 0 saturated heterocycles. The normalized spacial score (nSPS) is 15.8. The summed E-state index contributed by atoms with van der Waals surface area (Å²) < 4.78 is 115. The summed E-state index contributed by atoms with van der Waals surface area (Å²) in [6.07, 6.45) is -6.87. The maximum Gasteiger partial charge on any atom is 0.460 e. The van der Waals surface area contributed by atoms with Crippen LogP contribution >= 0.6 is 8.46 Å². The molecule has 0 radical (unpaired) electrons. The molecule has 0 atom stereocenters. The third-order valence-electron chi connectivity index (χ3n) is 1.24. The van der Waals surface area contributed by atoms with E-state index >= 15 is 0 Å². The molecule has 0 aromatic rings. The van der Waals surface area contributed by atoms with E-state index in [1.54, 1.807) is 0 Å². The Hall–Kier alpha value is -0.530. The fourth-order valence-electron chi connectivity index (χ4n) is 0.424. The zero-order chi connectivity index (χ0) is 12.7. The molecule has 0 rings (SSSR count). The predicted molar refractivity (Wildman–Crippen MR) is 28.5 cm³/mol. The summed E-state index contributed by atoms with van der Waals surface area (Å²) >= 11 is 0. The third-order valence-corrected chi connectivity index (χ3v) is 1.75. The van der Waals surface area contributed by atoms with Crippen LogP contribution in [0.2, 0.25) is 0 Å². The van der Waals surface area contributed by atoms with E-state index in [0.29, 0.717) is 0 Å². The molecule has 0 amide bonds. The van der Waals surface area contributed by atoms with Gasteiger partial charge in [0, 0.05) is 0 Å². The van der Waals surface area contributed by atoms with Crippen molar-refractivity contribution in [2.75, 3.05) is 0 Å². The van der Waals surface area contributed by atoms with Crippen molar-refractivity contribution in [1.82, 2.24) is 0 Å². The van der Waals surface area contributed by atoms with Gasteiger partial charge in [0.15, 0.2) is 0 Å². The first kappa shape index (κ1) is 14.5. The maximum absolute atomic E-state index is 12.0. The molecule has 0 bridgehead atoms. The molecule has 0 fully saturated rings. The SMILES string of the molecule is O=PC(F)(F)C(F)(F)C(F)(F)C(F)(F)F. The van der Waals surface area contributed by atoms with Gasteiger partial charge in [-0.2, -0.15) is 39.5 Å². The highest BCUT2D eigenvalue weighted by Gasteiger charge is 2.82. The molecule has 0 N–H and O–H groups in total. The molecule has 0 unspecified atom stereocenters. The molecule has 0 saturated carbocycles. The van der Waals surface area contributed by atoms with Gasteiger partial charge >= 0.3 is 23.7 Å². The van der Waals surface area contributed by atoms with Crippen LogP contribution in [0.3, 0.4) is 0 Å². The highest BCUT2D eigenvalue weighted by molar-refractivity contribution is 7.25. The Morgan fingerprint density at radius 1 is 0.667 bits per heavy atom. The average Bonchev–Trinajstić information content (AvgIpc) is 2.01. The fourth-order valence-corrected chi connectivity index (χ4v) is 0.679. The van der Waals surface area contributed by atoms with Crippen molar-refractivity contribution in [3.63, 3.8) is 0 Å². The van der Waals surface area contributed by atoms with Crippen LogP contribution in [0.5, 0.6) is 0 Å². The molecule has 0 aliphatic rings. The monoisotopic (exact) mass is 266 g/mol. The minimum absolute atomic E-state index is 2.83. The summed E-state index contributed by atoms with van der Waals surface area (Å²) in [5, 5.41) is 0. The lowest BCUT2D eigenvalue weighted by Crippen LogP contribution is -2.59. The number of halogens is 9. The standard InChI is InChI=1S/C4F9OP/c5-1(6,3(9,10)11)2(7,8)4(12,13)15-14. The number of hydrogen-bond donors (Lipinski definition) is 0. The van der Waals surface area contributed by atoms with E-state index in [2.05, 4.69) is 0 Å². The summed E-state index contributed by atoms with van der Waals surface area (Å²) in [6.45, 7) is 0. The van der Waals surface area contributed by atoms with Gasteiger partial charge in [-0.05, 0) is 0 Å². The topological polar surface area (TPSA) is 17.1 Å². The second-order valence-corrected chi connectivity index (χ2v) is 3.02. The van der Waals surface area contributed by atoms with Gasteiger partial charge in [-0.1, -0.05) is 0 Å². The largest absolute Gasteiger partial charge is 0.460 e. The number of hydrogen-bond acceptors (Lipinski definition) is 1. The summed E-state index contributed by atoms with van der Waals surface area (Å²) in [6, 6.07) is 0. The van der Waals surface area contributed by atoms with Crippen molar-refractivity contribution in [3.05, 3.63) is 0 Å². The van der Waals surface area contributed by atoms with Gasteiger partial charge in [0.05, 0.1) is 0 Å². The Morgan fingerprint density at radius 2 is 1.00 bits per heavy atom. The van der Waals surface area contributed by atoms with Crippen molar-refractivity contribution < 1.29 is 44.1 Å². The molecular weight excluding hydrogens is 266 g/mol. The van der Waals surface area contributed by atoms with Crippen LogP contribution in [0.15, 0.2) is 0 Å². The zero-order valence-corrected chi connectivity index (χ0v) is 7.15. The third kappa shape index (κ3) is 2.04. The molecule has 0 heterocycles. The smallest absolute Gasteiger partial charge is 0.268 e. The van der Waals surface area contributed by atoms with Crippen LogP contribution in [0.1, 0.15) is 0 Å². The van der Waals surface area contributed by atoms with Crippen molar-refractivity contribution in [1.29, 1.82) is 0 Å². The predicted octanol–water partition coefficient (Wildman–Crippen LogP) is 3.70. The second-order valence-electron chi connectivity index (χ2n) is 2.28. The first-order valence-corrected chi connectivity index (χ1v) is 3.67. The lowest BCUT2D eigenvalue weighted by Gasteiger charge is -2.30. The molecule has 0 spiro atoms. The summed E-state index contributed by atoms with van der Waals surface area (Å²) in [4.78, 5) is 0. The van der Waals surface area contributed by atoms with Crippen LogP contribution < -0.4 is 0 Å². The van der Waals surface area contributed by atoms with Crippen molar-refractivity contribution >= 4 is 8.46 Å². The average molecular weight is 266 g/mol. The van der Waals surface area contributed by atoms with Crippen LogP contribution in [0.25, 0.3) is 0 Å². The second kappa shape index (κ2) is 3.50. The summed E-state index contributed by atoms with van der Waals surface area (Å²) in [5.74, 6) is -13.8. The Bertz CT molecular complexity index is 255. The van der Waals surface area contributed by atoms with Gasteiger partial charge in [-0.15, -0.1) is 0 Å². The molecular formula is C4F9OP. The maximum atomic E-state index is 12.0. The number of alkyl halides is 9. The molecule has 11 heteroatoms. The van der Waals surface area contributed by atoms with E-state index in [9.17, 15) is 44.1 Å². The van der Waals surface area contributed by atoms with Crippen LogP contribution in [-0.4, -0.2) is 23.7 Å². The molecule has 90 valence electrons. The first-order chi connectivity index (χ1) is 6.31. The van der Waals surface area contributed by atoms with Crippen LogP contribution in [0.4, 0.5) is 39.5 Å². The van der Waals surface area contributed by atoms with Gasteiger partial charge in [0.2, 0.25) is 8.46 Å². The first-order valence-electron chi connectivity index (χ1n) is 2.86. The van der Waals surface area contributed by atoms with Gasteiger partial charge in [-0.25, -0.2) is 0 Å². The van der Waals surface area contributed by atoms with Crippen molar-refractivity contribution in [3.8, 4) is 0 Å². The number of rotatable bonds is 3. The lowest BCUT2D eigenvalue weighted by molar-refractivity contribution is -0.381. The minimum Gasteiger partial charge on any atom is -0.268 e. The summed E-state index contributed by atoms with van der Waals surface area (Å²) in [7, 11) is -2.83. The van der Waals surface area contributed by atoms with Gasteiger partial charge in [0.1, 0.15) is 0 Å². The molecule has 1 nitrogen and oxygen atoms in total. The summed E-state index contributed by atoms with van der Waals surface area (Å²) in [5.41, 5.74) is -6.01. The highest BCUT2D eigenvalue weighted by Crippen LogP contribution is 2.56. The Morgan fingerprint density at radius 3 is 1.20 bits per heavy atom. The van der Waals surface area contributed by atoms with E-state index in [1.165, 1.54) is 0 Å². The molecule has 0 aromatic carbocycles. The Labute approximate surface area is 77.4 Å². The molecule has 0 aromatic heterocycles. The van der Waals surface area contributed by atoms with Crippen molar-refractivity contribution in [2.45, 2.75) is 23.7 Å². The van der Waals surface area contributed by atoms with E-state index < -0.39 is 32.1 Å². The highest BCUT2D eigenvalue weighted by atomic mass is 31.1.